The van der Waals surface area contributed by atoms with Gasteiger partial charge in [-0.05, 0) is 54.2 Å². The van der Waals surface area contributed by atoms with Crippen LogP contribution in [0.5, 0.6) is 0 Å². The van der Waals surface area contributed by atoms with E-state index in [0.717, 1.165) is 37.3 Å². The molecule has 2 aromatic heterocycles. The first kappa shape index (κ1) is 11.7. The summed E-state index contributed by atoms with van der Waals surface area (Å²) in [6, 6.07) is 3.75. The van der Waals surface area contributed by atoms with E-state index in [4.69, 9.17) is 4.42 Å². The summed E-state index contributed by atoms with van der Waals surface area (Å²) in [6.45, 7) is 2.94. The normalized spacial score (nSPS) is 13.7. The van der Waals surface area contributed by atoms with Crippen LogP contribution in [0.4, 0.5) is 5.82 Å². The Morgan fingerprint density at radius 2 is 2.22 bits per heavy atom. The number of halogens is 1. The summed E-state index contributed by atoms with van der Waals surface area (Å²) < 4.78 is 6.23. The molecular weight excluding hydrogens is 294 g/mol. The zero-order valence-electron chi connectivity index (χ0n) is 10.2. The topological polar surface area (TPSA) is 51.0 Å². The second-order valence-electron chi connectivity index (χ2n) is 4.31. The van der Waals surface area contributed by atoms with E-state index in [1.807, 2.05) is 12.1 Å². The third-order valence-corrected chi connectivity index (χ3v) is 3.50. The van der Waals surface area contributed by atoms with E-state index in [1.54, 1.807) is 0 Å². The minimum Gasteiger partial charge on any atom is -0.446 e. The van der Waals surface area contributed by atoms with Gasteiger partial charge in [0.05, 0.1) is 0 Å². The van der Waals surface area contributed by atoms with Crippen LogP contribution in [0.1, 0.15) is 24.6 Å². The third kappa shape index (κ3) is 2.03. The van der Waals surface area contributed by atoms with Crippen molar-refractivity contribution >= 4 is 21.7 Å². The first-order chi connectivity index (χ1) is 8.78. The number of aromatic nitrogens is 2. The fourth-order valence-electron chi connectivity index (χ4n) is 2.29. The predicted octanol–water partition coefficient (Wildman–Crippen LogP) is 3.42. The molecule has 0 radical (unpaired) electrons. The Morgan fingerprint density at radius 3 is 2.94 bits per heavy atom. The number of nitrogens with zero attached hydrogens (tertiary/aromatic N) is 2. The molecule has 0 saturated carbocycles. The molecule has 0 spiro atoms. The van der Waals surface area contributed by atoms with Crippen LogP contribution in [0.15, 0.2) is 21.2 Å². The third-order valence-electron chi connectivity index (χ3n) is 3.07. The zero-order valence-corrected chi connectivity index (χ0v) is 11.7. The summed E-state index contributed by atoms with van der Waals surface area (Å²) in [5.74, 6) is 2.33. The van der Waals surface area contributed by atoms with Gasteiger partial charge in [0.2, 0.25) is 0 Å². The van der Waals surface area contributed by atoms with Crippen LogP contribution in [-0.4, -0.2) is 16.5 Å². The fraction of sp³-hybridized carbons (Fsp3) is 0.385. The van der Waals surface area contributed by atoms with Gasteiger partial charge in [0.25, 0.3) is 0 Å². The predicted molar refractivity (Wildman–Crippen MR) is 73.6 cm³/mol. The fourth-order valence-corrected chi connectivity index (χ4v) is 2.60. The highest BCUT2D eigenvalue weighted by molar-refractivity contribution is 9.10. The van der Waals surface area contributed by atoms with Crippen LogP contribution < -0.4 is 5.32 Å². The van der Waals surface area contributed by atoms with Crippen molar-refractivity contribution in [3.05, 3.63) is 28.1 Å². The molecule has 0 atom stereocenters. The number of hydrogen-bond donors (Lipinski definition) is 1. The molecule has 0 aliphatic heterocycles. The molecule has 3 rings (SSSR count). The molecule has 0 saturated heterocycles. The van der Waals surface area contributed by atoms with Crippen LogP contribution in [0.3, 0.4) is 0 Å². The van der Waals surface area contributed by atoms with E-state index >= 15 is 0 Å². The standard InChI is InChI=1S/C13H14BrN3O/c1-2-15-12-8-4-3-5-9(8)16-13(17-12)10-6-7-11(14)18-10/h6-7H,2-5H2,1H3,(H,15,16,17). The van der Waals surface area contributed by atoms with E-state index < -0.39 is 0 Å². The molecule has 0 amide bonds. The lowest BCUT2D eigenvalue weighted by Gasteiger charge is -2.09. The number of aryl methyl sites for hydroxylation is 1. The molecular formula is C13H14BrN3O. The Balaban J connectivity index is 2.08. The summed E-state index contributed by atoms with van der Waals surface area (Å²) in [6.07, 6.45) is 3.26. The number of fused-ring (bicyclic) bond motifs is 1. The average molecular weight is 308 g/mol. The Labute approximate surface area is 114 Å². The summed E-state index contributed by atoms with van der Waals surface area (Å²) >= 11 is 3.30. The van der Waals surface area contributed by atoms with E-state index in [2.05, 4.69) is 38.1 Å². The van der Waals surface area contributed by atoms with Gasteiger partial charge in [0.1, 0.15) is 5.82 Å². The van der Waals surface area contributed by atoms with Gasteiger partial charge in [-0.15, -0.1) is 0 Å². The smallest absolute Gasteiger partial charge is 0.197 e. The van der Waals surface area contributed by atoms with Gasteiger partial charge < -0.3 is 9.73 Å². The van der Waals surface area contributed by atoms with Crippen LogP contribution in [0.25, 0.3) is 11.6 Å². The summed E-state index contributed by atoms with van der Waals surface area (Å²) in [7, 11) is 0. The molecule has 1 N–H and O–H groups in total. The van der Waals surface area contributed by atoms with Crippen molar-refractivity contribution in [1.29, 1.82) is 0 Å². The van der Waals surface area contributed by atoms with Crippen LogP contribution in [0.2, 0.25) is 0 Å². The van der Waals surface area contributed by atoms with Crippen molar-refractivity contribution in [2.75, 3.05) is 11.9 Å². The van der Waals surface area contributed by atoms with E-state index in [9.17, 15) is 0 Å². The van der Waals surface area contributed by atoms with E-state index in [-0.39, 0.29) is 0 Å². The van der Waals surface area contributed by atoms with Gasteiger partial charge in [0.15, 0.2) is 16.3 Å². The molecule has 1 aliphatic carbocycles. The van der Waals surface area contributed by atoms with Crippen molar-refractivity contribution in [1.82, 2.24) is 9.97 Å². The Morgan fingerprint density at radius 1 is 1.33 bits per heavy atom. The molecule has 2 aromatic rings. The monoisotopic (exact) mass is 307 g/mol. The molecule has 5 heteroatoms. The lowest BCUT2D eigenvalue weighted by molar-refractivity contribution is 0.551. The van der Waals surface area contributed by atoms with Crippen LogP contribution >= 0.6 is 15.9 Å². The molecule has 2 heterocycles. The van der Waals surface area contributed by atoms with E-state index in [1.165, 1.54) is 5.56 Å². The lowest BCUT2D eigenvalue weighted by atomic mass is 10.2. The molecule has 18 heavy (non-hydrogen) atoms. The second-order valence-corrected chi connectivity index (χ2v) is 5.09. The molecule has 0 unspecified atom stereocenters. The number of anilines is 1. The number of nitrogens with one attached hydrogen (secondary N) is 1. The second kappa shape index (κ2) is 4.72. The molecule has 0 aromatic carbocycles. The lowest BCUT2D eigenvalue weighted by Crippen LogP contribution is -2.06. The highest BCUT2D eigenvalue weighted by Crippen LogP contribution is 2.30. The van der Waals surface area contributed by atoms with Gasteiger partial charge >= 0.3 is 0 Å². The van der Waals surface area contributed by atoms with Gasteiger partial charge in [-0.25, -0.2) is 9.97 Å². The van der Waals surface area contributed by atoms with Crippen LogP contribution in [0, 0.1) is 0 Å². The highest BCUT2D eigenvalue weighted by Gasteiger charge is 2.20. The Bertz CT molecular complexity index is 580. The highest BCUT2D eigenvalue weighted by atomic mass is 79.9. The minimum atomic E-state index is 0.664. The maximum absolute atomic E-state index is 5.53. The summed E-state index contributed by atoms with van der Waals surface area (Å²) in [5.41, 5.74) is 2.43. The molecule has 4 nitrogen and oxygen atoms in total. The zero-order chi connectivity index (χ0) is 12.5. The maximum Gasteiger partial charge on any atom is 0.197 e. The minimum absolute atomic E-state index is 0.664. The first-order valence-corrected chi connectivity index (χ1v) is 6.96. The van der Waals surface area contributed by atoms with Crippen LogP contribution in [-0.2, 0) is 12.8 Å². The van der Waals surface area contributed by atoms with Gasteiger partial charge in [-0.1, -0.05) is 0 Å². The molecule has 0 fully saturated rings. The number of furan rings is 1. The summed E-state index contributed by atoms with van der Waals surface area (Å²) in [4.78, 5) is 9.19. The van der Waals surface area contributed by atoms with Crippen molar-refractivity contribution in [2.24, 2.45) is 0 Å². The molecule has 0 bridgehead atoms. The quantitative estimate of drug-likeness (QED) is 0.944. The largest absolute Gasteiger partial charge is 0.446 e. The number of rotatable bonds is 3. The first-order valence-electron chi connectivity index (χ1n) is 6.17. The number of hydrogen-bond acceptors (Lipinski definition) is 4. The van der Waals surface area contributed by atoms with E-state index in [0.29, 0.717) is 16.3 Å². The van der Waals surface area contributed by atoms with Gasteiger partial charge in [0, 0.05) is 17.8 Å². The van der Waals surface area contributed by atoms with Gasteiger partial charge in [-0.3, -0.25) is 0 Å². The van der Waals surface area contributed by atoms with Crippen molar-refractivity contribution < 1.29 is 4.42 Å². The van der Waals surface area contributed by atoms with Crippen molar-refractivity contribution in [3.63, 3.8) is 0 Å². The SMILES string of the molecule is CCNc1nc(-c2ccc(Br)o2)nc2c1CCC2. The molecule has 94 valence electrons. The Hall–Kier alpha value is -1.36. The maximum atomic E-state index is 5.53. The Kier molecular flexibility index (Phi) is 3.07. The van der Waals surface area contributed by atoms with Gasteiger partial charge in [-0.2, -0.15) is 0 Å². The summed E-state index contributed by atoms with van der Waals surface area (Å²) in [5, 5.41) is 3.32. The van der Waals surface area contributed by atoms with Crippen molar-refractivity contribution in [3.8, 4) is 11.6 Å². The average Bonchev–Trinajstić information content (AvgIpc) is 2.97. The van der Waals surface area contributed by atoms with Crippen molar-refractivity contribution in [2.45, 2.75) is 26.2 Å². The molecule has 1 aliphatic rings.